The van der Waals surface area contributed by atoms with Crippen molar-refractivity contribution in [3.63, 3.8) is 0 Å². The molecule has 3 aromatic rings. The van der Waals surface area contributed by atoms with Gasteiger partial charge in [-0.1, -0.05) is 17.7 Å². The predicted octanol–water partition coefficient (Wildman–Crippen LogP) is 2.84. The second-order valence-electron chi connectivity index (χ2n) is 7.60. The van der Waals surface area contributed by atoms with E-state index in [0.29, 0.717) is 24.3 Å². The molecule has 7 heteroatoms. The molecule has 1 aromatic heterocycles. The van der Waals surface area contributed by atoms with E-state index in [4.69, 9.17) is 0 Å². The van der Waals surface area contributed by atoms with Gasteiger partial charge in [0.2, 0.25) is 5.91 Å². The SMILES string of the molecule is Cc1ccc2[nH]c(=O)c(C3CC(=O)Nc4cc(N5CCNC5=O)ccc43)cc2c1. The number of hydrogen-bond acceptors (Lipinski definition) is 3. The number of carbonyl (C=O) groups is 2. The van der Waals surface area contributed by atoms with Crippen molar-refractivity contribution < 1.29 is 9.59 Å². The van der Waals surface area contributed by atoms with Crippen LogP contribution in [0.4, 0.5) is 16.2 Å². The van der Waals surface area contributed by atoms with Crippen LogP contribution in [0.15, 0.2) is 47.3 Å². The summed E-state index contributed by atoms with van der Waals surface area (Å²) in [6.07, 6.45) is 0.205. The maximum Gasteiger partial charge on any atom is 0.321 e. The summed E-state index contributed by atoms with van der Waals surface area (Å²) in [5.74, 6) is -0.483. The second kappa shape index (κ2) is 6.48. The van der Waals surface area contributed by atoms with E-state index in [2.05, 4.69) is 15.6 Å². The highest BCUT2D eigenvalue weighted by molar-refractivity contribution is 5.98. The van der Waals surface area contributed by atoms with Crippen molar-refractivity contribution in [2.75, 3.05) is 23.3 Å². The number of amides is 3. The van der Waals surface area contributed by atoms with E-state index in [-0.39, 0.29) is 29.8 Å². The zero-order valence-corrected chi connectivity index (χ0v) is 15.9. The van der Waals surface area contributed by atoms with E-state index >= 15 is 0 Å². The van der Waals surface area contributed by atoms with Gasteiger partial charge in [-0.25, -0.2) is 4.79 Å². The Hall–Kier alpha value is -3.61. The van der Waals surface area contributed by atoms with Crippen LogP contribution in [0.2, 0.25) is 0 Å². The molecule has 3 heterocycles. The van der Waals surface area contributed by atoms with E-state index < -0.39 is 0 Å². The lowest BCUT2D eigenvalue weighted by molar-refractivity contribution is -0.116. The third kappa shape index (κ3) is 2.95. The third-order valence-electron chi connectivity index (χ3n) is 5.65. The Morgan fingerprint density at radius 3 is 2.66 bits per heavy atom. The van der Waals surface area contributed by atoms with Crippen LogP contribution in [-0.2, 0) is 4.79 Å². The Morgan fingerprint density at radius 2 is 1.86 bits per heavy atom. The van der Waals surface area contributed by atoms with Crippen LogP contribution < -0.4 is 21.1 Å². The number of hydrogen-bond donors (Lipinski definition) is 3. The lowest BCUT2D eigenvalue weighted by Gasteiger charge is -2.27. The molecule has 1 saturated heterocycles. The van der Waals surface area contributed by atoms with Crippen LogP contribution in [0.1, 0.15) is 29.0 Å². The number of urea groups is 1. The van der Waals surface area contributed by atoms with Gasteiger partial charge in [-0.05, 0) is 48.2 Å². The zero-order valence-electron chi connectivity index (χ0n) is 15.9. The first-order valence-corrected chi connectivity index (χ1v) is 9.62. The standard InChI is InChI=1S/C22H20N4O3/c1-12-2-5-18-13(8-12)9-17(21(28)25-18)16-11-20(27)24-19-10-14(3-4-15(16)19)26-7-6-23-22(26)29/h2-5,8-10,16H,6-7,11H2,1H3,(H,23,29)(H,24,27)(H,25,28). The van der Waals surface area contributed by atoms with Crippen molar-refractivity contribution in [1.29, 1.82) is 0 Å². The van der Waals surface area contributed by atoms with Crippen LogP contribution in [0.25, 0.3) is 10.9 Å². The van der Waals surface area contributed by atoms with Crippen molar-refractivity contribution in [1.82, 2.24) is 10.3 Å². The molecule has 1 unspecified atom stereocenters. The molecule has 0 bridgehead atoms. The number of carbonyl (C=O) groups excluding carboxylic acids is 2. The number of aryl methyl sites for hydroxylation is 1. The number of rotatable bonds is 2. The molecular weight excluding hydrogens is 368 g/mol. The van der Waals surface area contributed by atoms with Gasteiger partial charge < -0.3 is 15.6 Å². The smallest absolute Gasteiger partial charge is 0.321 e. The molecule has 3 amide bonds. The molecule has 2 aliphatic heterocycles. The Balaban J connectivity index is 1.62. The molecule has 1 atom stereocenters. The van der Waals surface area contributed by atoms with Gasteiger partial charge in [0, 0.05) is 47.9 Å². The van der Waals surface area contributed by atoms with Crippen molar-refractivity contribution in [2.45, 2.75) is 19.3 Å². The van der Waals surface area contributed by atoms with Crippen molar-refractivity contribution in [3.05, 3.63) is 69.5 Å². The summed E-state index contributed by atoms with van der Waals surface area (Å²) in [6, 6.07) is 13.2. The summed E-state index contributed by atoms with van der Waals surface area (Å²) >= 11 is 0. The van der Waals surface area contributed by atoms with Crippen molar-refractivity contribution in [2.24, 2.45) is 0 Å². The van der Waals surface area contributed by atoms with Gasteiger partial charge in [0.25, 0.3) is 5.56 Å². The number of nitrogens with one attached hydrogen (secondary N) is 3. The summed E-state index contributed by atoms with van der Waals surface area (Å²) in [7, 11) is 0. The van der Waals surface area contributed by atoms with Crippen molar-refractivity contribution in [3.8, 4) is 0 Å². The summed E-state index contributed by atoms with van der Waals surface area (Å²) < 4.78 is 0. The zero-order chi connectivity index (χ0) is 20.1. The summed E-state index contributed by atoms with van der Waals surface area (Å²) in [5, 5.41) is 6.61. The fourth-order valence-electron chi connectivity index (χ4n) is 4.22. The molecular formula is C22H20N4O3. The van der Waals surface area contributed by atoms with E-state index in [1.165, 1.54) is 0 Å². The molecule has 2 aromatic carbocycles. The molecule has 0 radical (unpaired) electrons. The Morgan fingerprint density at radius 1 is 1.00 bits per heavy atom. The molecule has 0 aliphatic carbocycles. The van der Waals surface area contributed by atoms with Crippen LogP contribution in [0, 0.1) is 6.92 Å². The monoisotopic (exact) mass is 388 g/mol. The van der Waals surface area contributed by atoms with Gasteiger partial charge in [0.1, 0.15) is 0 Å². The minimum atomic E-state index is -0.339. The van der Waals surface area contributed by atoms with Gasteiger partial charge >= 0.3 is 6.03 Å². The van der Waals surface area contributed by atoms with Gasteiger partial charge in [-0.15, -0.1) is 0 Å². The van der Waals surface area contributed by atoms with E-state index in [1.807, 2.05) is 49.4 Å². The topological polar surface area (TPSA) is 94.3 Å². The average molecular weight is 388 g/mol. The predicted molar refractivity (Wildman–Crippen MR) is 112 cm³/mol. The van der Waals surface area contributed by atoms with Gasteiger partial charge in [-0.3, -0.25) is 14.5 Å². The molecule has 5 rings (SSSR count). The van der Waals surface area contributed by atoms with Crippen molar-refractivity contribution >= 4 is 34.2 Å². The number of aromatic nitrogens is 1. The number of fused-ring (bicyclic) bond motifs is 2. The van der Waals surface area contributed by atoms with Crippen LogP contribution in [0.3, 0.4) is 0 Å². The van der Waals surface area contributed by atoms with Gasteiger partial charge in [0.05, 0.1) is 0 Å². The quantitative estimate of drug-likeness (QED) is 0.630. The number of H-pyrrole nitrogens is 1. The summed E-state index contributed by atoms with van der Waals surface area (Å²) in [5.41, 5.74) is 4.52. The van der Waals surface area contributed by atoms with Gasteiger partial charge in [0.15, 0.2) is 0 Å². The molecule has 1 fully saturated rings. The van der Waals surface area contributed by atoms with Crippen LogP contribution in [0.5, 0.6) is 0 Å². The molecule has 3 N–H and O–H groups in total. The van der Waals surface area contributed by atoms with E-state index in [1.54, 1.807) is 4.90 Å². The molecule has 29 heavy (non-hydrogen) atoms. The third-order valence-corrected chi connectivity index (χ3v) is 5.65. The van der Waals surface area contributed by atoms with E-state index in [9.17, 15) is 14.4 Å². The minimum Gasteiger partial charge on any atom is -0.336 e. The first-order chi connectivity index (χ1) is 14.0. The fraction of sp³-hybridized carbons (Fsp3) is 0.227. The lowest BCUT2D eigenvalue weighted by atomic mass is 9.84. The Kier molecular flexibility index (Phi) is 3.91. The normalized spacial score (nSPS) is 18.5. The highest BCUT2D eigenvalue weighted by Crippen LogP contribution is 2.38. The Bertz CT molecular complexity index is 1230. The number of benzene rings is 2. The highest BCUT2D eigenvalue weighted by atomic mass is 16.2. The van der Waals surface area contributed by atoms with Crippen LogP contribution in [-0.4, -0.2) is 30.0 Å². The number of pyridine rings is 1. The second-order valence-corrected chi connectivity index (χ2v) is 7.60. The minimum absolute atomic E-state index is 0.144. The van der Waals surface area contributed by atoms with Crippen LogP contribution >= 0.6 is 0 Å². The number of nitrogens with zero attached hydrogens (tertiary/aromatic N) is 1. The molecule has 146 valence electrons. The molecule has 2 aliphatic rings. The first kappa shape index (κ1) is 17.5. The van der Waals surface area contributed by atoms with Gasteiger partial charge in [-0.2, -0.15) is 0 Å². The van der Waals surface area contributed by atoms with E-state index in [0.717, 1.165) is 27.7 Å². The maximum atomic E-state index is 12.8. The average Bonchev–Trinajstić information content (AvgIpc) is 3.12. The first-order valence-electron chi connectivity index (χ1n) is 9.62. The maximum absolute atomic E-state index is 12.8. The summed E-state index contributed by atoms with van der Waals surface area (Å²) in [6.45, 7) is 3.18. The number of anilines is 2. The molecule has 0 spiro atoms. The molecule has 0 saturated carbocycles. The fourth-order valence-corrected chi connectivity index (χ4v) is 4.22. The Labute approximate surface area is 166 Å². The lowest BCUT2D eigenvalue weighted by Crippen LogP contribution is -2.29. The summed E-state index contributed by atoms with van der Waals surface area (Å²) in [4.78, 5) is 41.8. The number of aromatic amines is 1. The highest BCUT2D eigenvalue weighted by Gasteiger charge is 2.30. The molecule has 7 nitrogen and oxygen atoms in total. The largest absolute Gasteiger partial charge is 0.336 e.